The first-order chi connectivity index (χ1) is 10.8. The van der Waals surface area contributed by atoms with Crippen LogP contribution in [0.3, 0.4) is 0 Å². The van der Waals surface area contributed by atoms with Crippen LogP contribution in [0.1, 0.15) is 36.5 Å². The third-order valence-corrected chi connectivity index (χ3v) is 6.01. The average molecular weight is 381 g/mol. The van der Waals surface area contributed by atoms with Crippen molar-refractivity contribution in [2.45, 2.75) is 43.2 Å². The van der Waals surface area contributed by atoms with E-state index in [-0.39, 0.29) is 34.9 Å². The number of nitrogens with zero attached hydrogens (tertiary/aromatic N) is 1. The molecule has 0 aliphatic carbocycles. The van der Waals surface area contributed by atoms with Gasteiger partial charge in [0.25, 0.3) is 0 Å². The lowest BCUT2D eigenvalue weighted by molar-refractivity contribution is 0.0596. The van der Waals surface area contributed by atoms with Gasteiger partial charge in [-0.2, -0.15) is 4.31 Å². The van der Waals surface area contributed by atoms with Crippen molar-refractivity contribution in [2.75, 3.05) is 13.7 Å². The Morgan fingerprint density at radius 3 is 2.67 bits per heavy atom. The fraction of sp³-hybridized carbons (Fsp3) is 0.533. The van der Waals surface area contributed by atoms with E-state index in [0.29, 0.717) is 19.4 Å². The largest absolute Gasteiger partial charge is 0.465 e. The number of rotatable bonds is 4. The second-order valence-electron chi connectivity index (χ2n) is 5.67. The highest BCUT2D eigenvalue weighted by Gasteiger charge is 2.37. The molecule has 6 nitrogen and oxygen atoms in total. The van der Waals surface area contributed by atoms with E-state index >= 15 is 0 Å². The highest BCUT2D eigenvalue weighted by molar-refractivity contribution is 7.89. The molecule has 9 heteroatoms. The lowest BCUT2D eigenvalue weighted by atomic mass is 10.00. The van der Waals surface area contributed by atoms with E-state index in [0.717, 1.165) is 31.7 Å². The number of ether oxygens (including phenoxy) is 1. The van der Waals surface area contributed by atoms with Gasteiger partial charge in [-0.1, -0.05) is 6.42 Å². The summed E-state index contributed by atoms with van der Waals surface area (Å²) in [6, 6.07) is 2.28. The van der Waals surface area contributed by atoms with Crippen molar-refractivity contribution in [1.29, 1.82) is 0 Å². The van der Waals surface area contributed by atoms with Crippen LogP contribution in [0, 0.1) is 5.82 Å². The van der Waals surface area contributed by atoms with Crippen LogP contribution in [-0.4, -0.2) is 44.4 Å². The van der Waals surface area contributed by atoms with Crippen LogP contribution >= 0.6 is 12.4 Å². The van der Waals surface area contributed by atoms with Crippen molar-refractivity contribution >= 4 is 28.4 Å². The molecular weight excluding hydrogens is 359 g/mol. The van der Waals surface area contributed by atoms with Crippen molar-refractivity contribution in [3.8, 4) is 0 Å². The summed E-state index contributed by atoms with van der Waals surface area (Å²) in [6.45, 7) is 2.04. The maximum atomic E-state index is 13.6. The number of carbonyl (C=O) groups is 1. The number of benzene rings is 1. The van der Waals surface area contributed by atoms with Gasteiger partial charge in [-0.05, 0) is 38.0 Å². The maximum absolute atomic E-state index is 13.6. The number of esters is 1. The Labute approximate surface area is 147 Å². The quantitative estimate of drug-likeness (QED) is 0.806. The van der Waals surface area contributed by atoms with Crippen LogP contribution in [0.25, 0.3) is 0 Å². The van der Waals surface area contributed by atoms with Gasteiger partial charge in [0, 0.05) is 18.6 Å². The zero-order valence-electron chi connectivity index (χ0n) is 13.6. The number of halogens is 2. The van der Waals surface area contributed by atoms with Crippen LogP contribution in [0.2, 0.25) is 0 Å². The van der Waals surface area contributed by atoms with Gasteiger partial charge in [0.15, 0.2) is 0 Å². The molecular formula is C15H22ClFN2O4S. The Bertz CT molecular complexity index is 697. The lowest BCUT2D eigenvalue weighted by Crippen LogP contribution is -2.51. The lowest BCUT2D eigenvalue weighted by Gasteiger charge is -2.37. The number of piperidine rings is 1. The van der Waals surface area contributed by atoms with E-state index in [1.807, 2.05) is 0 Å². The van der Waals surface area contributed by atoms with Crippen molar-refractivity contribution in [3.05, 3.63) is 29.6 Å². The Balaban J connectivity index is 0.00000288. The van der Waals surface area contributed by atoms with Crippen molar-refractivity contribution in [1.82, 2.24) is 4.31 Å². The molecule has 1 fully saturated rings. The normalized spacial score (nSPS) is 20.1. The minimum Gasteiger partial charge on any atom is -0.465 e. The first-order valence-corrected chi connectivity index (χ1v) is 8.88. The smallest absolute Gasteiger partial charge is 0.339 e. The van der Waals surface area contributed by atoms with E-state index in [4.69, 9.17) is 5.73 Å². The summed E-state index contributed by atoms with van der Waals surface area (Å²) < 4.78 is 45.5. The van der Waals surface area contributed by atoms with E-state index in [2.05, 4.69) is 4.74 Å². The third kappa shape index (κ3) is 4.05. The molecule has 0 aromatic heterocycles. The fourth-order valence-corrected chi connectivity index (χ4v) is 4.84. The Hall–Kier alpha value is -1.22. The molecule has 0 radical (unpaired) electrons. The zero-order valence-corrected chi connectivity index (χ0v) is 15.2. The minimum atomic E-state index is -4.05. The molecule has 1 aromatic carbocycles. The van der Waals surface area contributed by atoms with E-state index in [1.54, 1.807) is 6.92 Å². The predicted molar refractivity (Wildman–Crippen MR) is 90.2 cm³/mol. The number of sulfonamides is 1. The molecule has 0 spiro atoms. The molecule has 136 valence electrons. The maximum Gasteiger partial charge on any atom is 0.339 e. The molecule has 1 aliphatic heterocycles. The zero-order chi connectivity index (χ0) is 17.2. The number of methoxy groups -OCH3 is 1. The molecule has 0 bridgehead atoms. The number of carbonyl (C=O) groups excluding carboxylic acids is 1. The predicted octanol–water partition coefficient (Wildman–Crippen LogP) is 1.92. The van der Waals surface area contributed by atoms with Crippen LogP contribution < -0.4 is 5.73 Å². The molecule has 1 heterocycles. The standard InChI is InChI=1S/C15H21FN2O4S.ClH/c1-10(17)13-5-3-4-8-18(13)23(20,21)14-9-11(16)6-7-12(14)15(19)22-2;/h6-7,9-10,13H,3-5,8,17H2,1-2H3;1H. The van der Waals surface area contributed by atoms with Gasteiger partial charge in [0.05, 0.1) is 17.6 Å². The first-order valence-electron chi connectivity index (χ1n) is 7.44. The molecule has 2 N–H and O–H groups in total. The Morgan fingerprint density at radius 2 is 2.08 bits per heavy atom. The third-order valence-electron chi connectivity index (χ3n) is 4.04. The first kappa shape index (κ1) is 20.8. The molecule has 2 unspecified atom stereocenters. The second kappa shape index (κ2) is 8.24. The van der Waals surface area contributed by atoms with Crippen molar-refractivity contribution in [2.24, 2.45) is 5.73 Å². The Morgan fingerprint density at radius 1 is 1.42 bits per heavy atom. The SMILES string of the molecule is COC(=O)c1ccc(F)cc1S(=O)(=O)N1CCCCC1C(C)N.Cl. The van der Waals surface area contributed by atoms with Gasteiger partial charge in [0.1, 0.15) is 5.82 Å². The average Bonchev–Trinajstić information content (AvgIpc) is 2.54. The molecule has 2 rings (SSSR count). The molecule has 1 aliphatic rings. The van der Waals surface area contributed by atoms with Crippen LogP contribution in [0.15, 0.2) is 23.1 Å². The highest BCUT2D eigenvalue weighted by Crippen LogP contribution is 2.29. The van der Waals surface area contributed by atoms with E-state index in [9.17, 15) is 17.6 Å². The Kier molecular flexibility index (Phi) is 7.15. The van der Waals surface area contributed by atoms with Gasteiger partial charge in [-0.3, -0.25) is 0 Å². The topological polar surface area (TPSA) is 89.7 Å². The van der Waals surface area contributed by atoms with Crippen LogP contribution in [-0.2, 0) is 14.8 Å². The van der Waals surface area contributed by atoms with Gasteiger partial charge >= 0.3 is 5.97 Å². The molecule has 1 saturated heterocycles. The molecule has 1 aromatic rings. The van der Waals surface area contributed by atoms with Gasteiger partial charge < -0.3 is 10.5 Å². The van der Waals surface area contributed by atoms with E-state index < -0.39 is 21.8 Å². The molecule has 0 saturated carbocycles. The number of nitrogens with two attached hydrogens (primary N) is 1. The van der Waals surface area contributed by atoms with Gasteiger partial charge in [-0.25, -0.2) is 17.6 Å². The number of hydrogen-bond donors (Lipinski definition) is 1. The number of hydrogen-bond acceptors (Lipinski definition) is 5. The summed E-state index contributed by atoms with van der Waals surface area (Å²) in [5.41, 5.74) is 5.74. The van der Waals surface area contributed by atoms with Gasteiger partial charge in [-0.15, -0.1) is 12.4 Å². The fourth-order valence-electron chi connectivity index (χ4n) is 2.87. The molecule has 0 amide bonds. The van der Waals surface area contributed by atoms with Crippen LogP contribution in [0.4, 0.5) is 4.39 Å². The monoisotopic (exact) mass is 380 g/mol. The van der Waals surface area contributed by atoms with Crippen molar-refractivity contribution in [3.63, 3.8) is 0 Å². The highest BCUT2D eigenvalue weighted by atomic mass is 35.5. The summed E-state index contributed by atoms with van der Waals surface area (Å²) in [4.78, 5) is 11.5. The summed E-state index contributed by atoms with van der Waals surface area (Å²) in [6.07, 6.45) is 2.22. The van der Waals surface area contributed by atoms with E-state index in [1.165, 1.54) is 4.31 Å². The second-order valence-corrected chi connectivity index (χ2v) is 7.53. The summed E-state index contributed by atoms with van der Waals surface area (Å²) in [5, 5.41) is 0. The summed E-state index contributed by atoms with van der Waals surface area (Å²) >= 11 is 0. The summed E-state index contributed by atoms with van der Waals surface area (Å²) in [5.74, 6) is -1.55. The molecule has 24 heavy (non-hydrogen) atoms. The van der Waals surface area contributed by atoms with Crippen LogP contribution in [0.5, 0.6) is 0 Å². The van der Waals surface area contributed by atoms with Crippen molar-refractivity contribution < 1.29 is 22.3 Å². The summed E-state index contributed by atoms with van der Waals surface area (Å²) in [7, 11) is -2.91. The minimum absolute atomic E-state index is 0. The van der Waals surface area contributed by atoms with Gasteiger partial charge in [0.2, 0.25) is 10.0 Å². The molecule has 2 atom stereocenters.